The first-order chi connectivity index (χ1) is 16.4. The van der Waals surface area contributed by atoms with E-state index < -0.39 is 45.2 Å². The Balaban J connectivity index is 2.22. The standard InChI is InChI=1S/C26H37NO7Si/c1-26(2,3)35(4,5)33-18-21(27-25(31)32-17-19-12-8-6-9-13-19)23(22(29)16-28)34-24(30)20-14-10-7-11-15-20/h6-15,21-23,28-29H,16-18H2,1-5H3,(H,27,31)/t21-,22-,23+/m1/s1. The van der Waals surface area contributed by atoms with Crippen molar-refractivity contribution in [3.05, 3.63) is 71.8 Å². The van der Waals surface area contributed by atoms with Gasteiger partial charge in [-0.1, -0.05) is 69.3 Å². The van der Waals surface area contributed by atoms with Crippen molar-refractivity contribution in [3.63, 3.8) is 0 Å². The third-order valence-electron chi connectivity index (χ3n) is 6.16. The van der Waals surface area contributed by atoms with Crippen molar-refractivity contribution in [2.45, 2.75) is 63.8 Å². The van der Waals surface area contributed by atoms with Gasteiger partial charge in [0.05, 0.1) is 24.8 Å². The molecule has 0 aliphatic carbocycles. The summed E-state index contributed by atoms with van der Waals surface area (Å²) in [7, 11) is -2.26. The van der Waals surface area contributed by atoms with Crippen LogP contribution in [-0.2, 0) is 20.5 Å². The van der Waals surface area contributed by atoms with Crippen LogP contribution >= 0.6 is 0 Å². The predicted molar refractivity (Wildman–Crippen MR) is 135 cm³/mol. The predicted octanol–water partition coefficient (Wildman–Crippen LogP) is 3.88. The third-order valence-corrected chi connectivity index (χ3v) is 10.7. The molecule has 192 valence electrons. The molecule has 0 saturated heterocycles. The summed E-state index contributed by atoms with van der Waals surface area (Å²) < 4.78 is 17.2. The Morgan fingerprint density at radius 1 is 1.00 bits per heavy atom. The van der Waals surface area contributed by atoms with E-state index in [0.717, 1.165) is 5.56 Å². The number of carbonyl (C=O) groups is 2. The molecule has 2 aromatic rings. The number of alkyl carbamates (subject to hydrolysis) is 1. The Labute approximate surface area is 208 Å². The molecule has 9 heteroatoms. The molecule has 1 amide bonds. The summed E-state index contributed by atoms with van der Waals surface area (Å²) in [5.74, 6) is -0.695. The van der Waals surface area contributed by atoms with E-state index in [2.05, 4.69) is 26.1 Å². The molecule has 35 heavy (non-hydrogen) atoms. The van der Waals surface area contributed by atoms with Crippen LogP contribution in [0.3, 0.4) is 0 Å². The van der Waals surface area contributed by atoms with E-state index in [4.69, 9.17) is 13.9 Å². The summed E-state index contributed by atoms with van der Waals surface area (Å²) in [6.45, 7) is 9.64. The molecule has 0 spiro atoms. The van der Waals surface area contributed by atoms with E-state index in [-0.39, 0.29) is 23.8 Å². The van der Waals surface area contributed by atoms with Crippen LogP contribution in [0.15, 0.2) is 60.7 Å². The molecule has 0 radical (unpaired) electrons. The fourth-order valence-electron chi connectivity index (χ4n) is 2.95. The van der Waals surface area contributed by atoms with Gasteiger partial charge >= 0.3 is 12.1 Å². The second kappa shape index (κ2) is 12.8. The second-order valence-electron chi connectivity index (χ2n) is 9.87. The molecule has 0 saturated carbocycles. The highest BCUT2D eigenvalue weighted by atomic mass is 28.4. The molecule has 0 unspecified atom stereocenters. The number of ether oxygens (including phenoxy) is 2. The highest BCUT2D eigenvalue weighted by Crippen LogP contribution is 2.36. The fraction of sp³-hybridized carbons (Fsp3) is 0.462. The molecule has 0 aromatic heterocycles. The zero-order chi connectivity index (χ0) is 26.1. The lowest BCUT2D eigenvalue weighted by Gasteiger charge is -2.38. The first-order valence-corrected chi connectivity index (χ1v) is 14.5. The van der Waals surface area contributed by atoms with E-state index in [9.17, 15) is 19.8 Å². The number of benzene rings is 2. The zero-order valence-corrected chi connectivity index (χ0v) is 22.1. The molecule has 8 nitrogen and oxygen atoms in total. The molecule has 2 aromatic carbocycles. The number of amides is 1. The minimum absolute atomic E-state index is 0.0409. The van der Waals surface area contributed by atoms with Crippen LogP contribution in [0.1, 0.15) is 36.7 Å². The summed E-state index contributed by atoms with van der Waals surface area (Å²) in [5, 5.41) is 22.8. The summed E-state index contributed by atoms with van der Waals surface area (Å²) in [5.41, 5.74) is 1.08. The highest BCUT2D eigenvalue weighted by molar-refractivity contribution is 6.74. The van der Waals surface area contributed by atoms with Crippen molar-refractivity contribution in [2.75, 3.05) is 13.2 Å². The monoisotopic (exact) mass is 503 g/mol. The first kappa shape index (κ1) is 28.5. The normalized spacial score (nSPS) is 14.5. The van der Waals surface area contributed by atoms with Gasteiger partial charge < -0.3 is 29.4 Å². The third kappa shape index (κ3) is 8.77. The van der Waals surface area contributed by atoms with Gasteiger partial charge in [-0.25, -0.2) is 9.59 Å². The average molecular weight is 504 g/mol. The number of aliphatic hydroxyl groups is 2. The number of hydrogen-bond donors (Lipinski definition) is 3. The Bertz CT molecular complexity index is 932. The molecule has 0 bridgehead atoms. The highest BCUT2D eigenvalue weighted by Gasteiger charge is 2.40. The van der Waals surface area contributed by atoms with Gasteiger partial charge in [0.1, 0.15) is 12.7 Å². The van der Waals surface area contributed by atoms with Crippen LogP contribution in [0.2, 0.25) is 18.1 Å². The number of aliphatic hydroxyl groups excluding tert-OH is 2. The van der Waals surface area contributed by atoms with E-state index in [1.165, 1.54) is 0 Å². The molecule has 3 atom stereocenters. The average Bonchev–Trinajstić information content (AvgIpc) is 2.83. The summed E-state index contributed by atoms with van der Waals surface area (Å²) in [4.78, 5) is 25.4. The number of hydrogen-bond acceptors (Lipinski definition) is 7. The van der Waals surface area contributed by atoms with Crippen LogP contribution in [0.5, 0.6) is 0 Å². The smallest absolute Gasteiger partial charge is 0.407 e. The zero-order valence-electron chi connectivity index (χ0n) is 21.1. The maximum Gasteiger partial charge on any atom is 0.407 e. The maximum absolute atomic E-state index is 12.7. The van der Waals surface area contributed by atoms with Crippen LogP contribution in [0, 0.1) is 0 Å². The summed E-state index contributed by atoms with van der Waals surface area (Å²) >= 11 is 0. The van der Waals surface area contributed by atoms with Gasteiger partial charge in [-0.15, -0.1) is 0 Å². The maximum atomic E-state index is 12.7. The van der Waals surface area contributed by atoms with Gasteiger partial charge in [0.2, 0.25) is 0 Å². The lowest BCUT2D eigenvalue weighted by atomic mass is 10.1. The summed E-state index contributed by atoms with van der Waals surface area (Å²) in [6, 6.07) is 16.5. The van der Waals surface area contributed by atoms with Crippen LogP contribution in [0.25, 0.3) is 0 Å². The largest absolute Gasteiger partial charge is 0.454 e. The first-order valence-electron chi connectivity index (χ1n) is 11.6. The van der Waals surface area contributed by atoms with E-state index in [0.29, 0.717) is 0 Å². The minimum Gasteiger partial charge on any atom is -0.454 e. The molecule has 0 fully saturated rings. The van der Waals surface area contributed by atoms with Crippen molar-refractivity contribution < 1.29 is 33.7 Å². The van der Waals surface area contributed by atoms with Crippen molar-refractivity contribution in [3.8, 4) is 0 Å². The van der Waals surface area contributed by atoms with Crippen molar-refractivity contribution in [1.82, 2.24) is 5.32 Å². The Hall–Kier alpha value is -2.72. The Morgan fingerprint density at radius 3 is 2.11 bits per heavy atom. The molecular weight excluding hydrogens is 466 g/mol. The summed E-state index contributed by atoms with van der Waals surface area (Å²) in [6.07, 6.45) is -3.49. The van der Waals surface area contributed by atoms with Crippen molar-refractivity contribution in [2.24, 2.45) is 0 Å². The quantitative estimate of drug-likeness (QED) is 0.315. The molecule has 2 rings (SSSR count). The lowest BCUT2D eigenvalue weighted by Crippen LogP contribution is -2.56. The Morgan fingerprint density at radius 2 is 1.57 bits per heavy atom. The number of carbonyl (C=O) groups excluding carboxylic acids is 2. The van der Waals surface area contributed by atoms with Gasteiger partial charge in [-0.2, -0.15) is 0 Å². The molecular formula is C26H37NO7Si. The number of rotatable bonds is 11. The SMILES string of the molecule is CC(C)(C)[Si](C)(C)OC[C@@H](NC(=O)OCc1ccccc1)[C@H](OC(=O)c1ccccc1)[C@H](O)CO. The van der Waals surface area contributed by atoms with Gasteiger partial charge in [-0.05, 0) is 35.8 Å². The van der Waals surface area contributed by atoms with Gasteiger partial charge in [-0.3, -0.25) is 0 Å². The lowest BCUT2D eigenvalue weighted by molar-refractivity contribution is -0.0571. The van der Waals surface area contributed by atoms with E-state index >= 15 is 0 Å². The molecule has 0 aliphatic heterocycles. The fourth-order valence-corrected chi connectivity index (χ4v) is 3.98. The van der Waals surface area contributed by atoms with Gasteiger partial charge in [0.15, 0.2) is 14.4 Å². The topological polar surface area (TPSA) is 114 Å². The van der Waals surface area contributed by atoms with Crippen LogP contribution in [0.4, 0.5) is 4.79 Å². The van der Waals surface area contributed by atoms with Gasteiger partial charge in [0, 0.05) is 0 Å². The molecule has 3 N–H and O–H groups in total. The van der Waals surface area contributed by atoms with Crippen molar-refractivity contribution >= 4 is 20.4 Å². The van der Waals surface area contributed by atoms with E-state index in [1.807, 2.05) is 43.4 Å². The van der Waals surface area contributed by atoms with Gasteiger partial charge in [0.25, 0.3) is 0 Å². The number of esters is 1. The Kier molecular flexibility index (Phi) is 10.5. The minimum atomic E-state index is -2.26. The molecule has 0 aliphatic rings. The van der Waals surface area contributed by atoms with Crippen LogP contribution < -0.4 is 5.32 Å². The molecule has 0 heterocycles. The second-order valence-corrected chi connectivity index (χ2v) is 14.7. The van der Waals surface area contributed by atoms with Crippen LogP contribution in [-0.4, -0.2) is 62.1 Å². The number of nitrogens with one attached hydrogen (secondary N) is 1. The van der Waals surface area contributed by atoms with E-state index in [1.54, 1.807) is 30.3 Å². The van der Waals surface area contributed by atoms with Crippen molar-refractivity contribution in [1.29, 1.82) is 0 Å².